The molecule has 1 aromatic carbocycles. The number of halogens is 3. The average Bonchev–Trinajstić information content (AvgIpc) is 2.41. The van der Waals surface area contributed by atoms with Gasteiger partial charge in [-0.15, -0.1) is 0 Å². The highest BCUT2D eigenvalue weighted by atomic mass is 19.4. The van der Waals surface area contributed by atoms with E-state index in [1.165, 1.54) is 48.1 Å². The molecule has 1 aromatic heterocycles. The Bertz CT molecular complexity index is 735. The second-order valence-corrected chi connectivity index (χ2v) is 4.36. The highest BCUT2D eigenvalue weighted by Crippen LogP contribution is 2.34. The van der Waals surface area contributed by atoms with Crippen molar-refractivity contribution in [3.05, 3.63) is 64.1 Å². The van der Waals surface area contributed by atoms with Gasteiger partial charge >= 0.3 is 6.18 Å². The first-order valence-corrected chi connectivity index (χ1v) is 5.93. The Labute approximate surface area is 117 Å². The third-order valence-electron chi connectivity index (χ3n) is 2.83. The van der Waals surface area contributed by atoms with Crippen molar-refractivity contribution in [2.75, 3.05) is 5.32 Å². The normalized spacial score (nSPS) is 11.2. The van der Waals surface area contributed by atoms with E-state index in [1.54, 1.807) is 0 Å². The Morgan fingerprint density at radius 2 is 1.81 bits per heavy atom. The summed E-state index contributed by atoms with van der Waals surface area (Å²) in [5.74, 6) is -0.720. The third kappa shape index (κ3) is 3.31. The summed E-state index contributed by atoms with van der Waals surface area (Å²) in [7, 11) is 1.45. The van der Waals surface area contributed by atoms with E-state index in [0.717, 1.165) is 6.07 Å². The number of nitrogens with zero attached hydrogens (tertiary/aromatic N) is 1. The number of hydrogen-bond acceptors (Lipinski definition) is 2. The van der Waals surface area contributed by atoms with Crippen LogP contribution in [-0.4, -0.2) is 10.5 Å². The van der Waals surface area contributed by atoms with E-state index in [9.17, 15) is 22.8 Å². The number of rotatable bonds is 2. The van der Waals surface area contributed by atoms with Gasteiger partial charge in [-0.1, -0.05) is 12.1 Å². The molecule has 1 amide bonds. The summed E-state index contributed by atoms with van der Waals surface area (Å²) in [5, 5.41) is 2.21. The van der Waals surface area contributed by atoms with Crippen LogP contribution in [0.1, 0.15) is 15.9 Å². The fourth-order valence-corrected chi connectivity index (χ4v) is 1.76. The lowest BCUT2D eigenvalue weighted by atomic mass is 10.1. The van der Waals surface area contributed by atoms with Gasteiger partial charge in [0.25, 0.3) is 5.91 Å². The molecule has 1 heterocycles. The summed E-state index contributed by atoms with van der Waals surface area (Å²) in [5.41, 5.74) is -1.48. The van der Waals surface area contributed by atoms with Crippen molar-refractivity contribution in [3.63, 3.8) is 0 Å². The first kappa shape index (κ1) is 14.8. The van der Waals surface area contributed by atoms with Crippen LogP contribution in [0.25, 0.3) is 0 Å². The van der Waals surface area contributed by atoms with Gasteiger partial charge in [0, 0.05) is 19.3 Å². The van der Waals surface area contributed by atoms with E-state index < -0.39 is 17.6 Å². The summed E-state index contributed by atoms with van der Waals surface area (Å²) >= 11 is 0. The van der Waals surface area contributed by atoms with Crippen LogP contribution in [0.2, 0.25) is 0 Å². The summed E-state index contributed by atoms with van der Waals surface area (Å²) in [4.78, 5) is 23.2. The van der Waals surface area contributed by atoms with Crippen molar-refractivity contribution in [1.82, 2.24) is 4.57 Å². The summed E-state index contributed by atoms with van der Waals surface area (Å²) < 4.78 is 39.6. The zero-order valence-corrected chi connectivity index (χ0v) is 10.9. The molecule has 0 saturated carbocycles. The third-order valence-corrected chi connectivity index (χ3v) is 2.83. The fourth-order valence-electron chi connectivity index (χ4n) is 1.76. The molecule has 2 rings (SSSR count). The molecule has 0 aliphatic rings. The second-order valence-electron chi connectivity index (χ2n) is 4.36. The highest BCUT2D eigenvalue weighted by molar-refractivity contribution is 6.04. The van der Waals surface area contributed by atoms with E-state index in [2.05, 4.69) is 5.32 Å². The van der Waals surface area contributed by atoms with E-state index in [1.807, 2.05) is 0 Å². The number of carbonyl (C=O) groups excluding carboxylic acids is 1. The second kappa shape index (κ2) is 5.43. The maximum atomic E-state index is 12.8. The van der Waals surface area contributed by atoms with Crippen molar-refractivity contribution in [2.45, 2.75) is 6.18 Å². The standard InChI is InChI=1S/C14H11F3N2O2/c1-19-8-9(6-7-12(19)20)13(21)18-11-5-3-2-4-10(11)14(15,16)17/h2-8H,1H3,(H,18,21). The Morgan fingerprint density at radius 3 is 2.43 bits per heavy atom. The van der Waals surface area contributed by atoms with Gasteiger partial charge in [-0.2, -0.15) is 13.2 Å². The number of aromatic nitrogens is 1. The number of benzene rings is 1. The molecule has 2 aromatic rings. The predicted octanol–water partition coefficient (Wildman–Crippen LogP) is 2.66. The molecule has 21 heavy (non-hydrogen) atoms. The lowest BCUT2D eigenvalue weighted by Crippen LogP contribution is -2.20. The minimum Gasteiger partial charge on any atom is -0.321 e. The number of anilines is 1. The molecule has 0 spiro atoms. The van der Waals surface area contributed by atoms with Crippen molar-refractivity contribution < 1.29 is 18.0 Å². The van der Waals surface area contributed by atoms with Crippen LogP contribution in [0.3, 0.4) is 0 Å². The highest BCUT2D eigenvalue weighted by Gasteiger charge is 2.33. The molecule has 0 aliphatic heterocycles. The van der Waals surface area contributed by atoms with Crippen LogP contribution in [-0.2, 0) is 13.2 Å². The summed E-state index contributed by atoms with van der Waals surface area (Å²) in [6, 6.07) is 7.12. The van der Waals surface area contributed by atoms with Crippen molar-refractivity contribution >= 4 is 11.6 Å². The topological polar surface area (TPSA) is 51.1 Å². The molecule has 0 aliphatic carbocycles. The van der Waals surface area contributed by atoms with Gasteiger partial charge < -0.3 is 9.88 Å². The van der Waals surface area contributed by atoms with Gasteiger partial charge in [0.1, 0.15) is 0 Å². The minimum absolute atomic E-state index is 0.0917. The van der Waals surface area contributed by atoms with Gasteiger partial charge in [-0.05, 0) is 18.2 Å². The Kier molecular flexibility index (Phi) is 3.84. The summed E-state index contributed by atoms with van der Waals surface area (Å²) in [6.07, 6.45) is -3.30. The molecule has 0 bridgehead atoms. The number of para-hydroxylation sites is 1. The molecule has 0 atom stereocenters. The molecular weight excluding hydrogens is 285 g/mol. The van der Waals surface area contributed by atoms with E-state index in [4.69, 9.17) is 0 Å². The number of carbonyl (C=O) groups is 1. The molecule has 4 nitrogen and oxygen atoms in total. The van der Waals surface area contributed by atoms with Crippen molar-refractivity contribution in [3.8, 4) is 0 Å². The minimum atomic E-state index is -4.56. The van der Waals surface area contributed by atoms with E-state index in [-0.39, 0.29) is 16.8 Å². The molecular formula is C14H11F3N2O2. The Morgan fingerprint density at radius 1 is 1.14 bits per heavy atom. The first-order chi connectivity index (χ1) is 9.79. The van der Waals surface area contributed by atoms with E-state index >= 15 is 0 Å². The Hall–Kier alpha value is -2.57. The fraction of sp³-hybridized carbons (Fsp3) is 0.143. The van der Waals surface area contributed by atoms with Crippen LogP contribution in [0.15, 0.2) is 47.4 Å². The number of amides is 1. The van der Waals surface area contributed by atoms with E-state index in [0.29, 0.717) is 0 Å². The zero-order chi connectivity index (χ0) is 15.6. The molecule has 7 heteroatoms. The number of nitrogens with one attached hydrogen (secondary N) is 1. The van der Waals surface area contributed by atoms with Crippen LogP contribution >= 0.6 is 0 Å². The first-order valence-electron chi connectivity index (χ1n) is 5.93. The van der Waals surface area contributed by atoms with Crippen LogP contribution in [0.4, 0.5) is 18.9 Å². The molecule has 110 valence electrons. The lowest BCUT2D eigenvalue weighted by molar-refractivity contribution is -0.136. The largest absolute Gasteiger partial charge is 0.418 e. The monoisotopic (exact) mass is 296 g/mol. The zero-order valence-electron chi connectivity index (χ0n) is 10.9. The molecule has 0 saturated heterocycles. The predicted molar refractivity (Wildman–Crippen MR) is 71.1 cm³/mol. The molecule has 0 fully saturated rings. The number of hydrogen-bond donors (Lipinski definition) is 1. The smallest absolute Gasteiger partial charge is 0.321 e. The summed E-state index contributed by atoms with van der Waals surface area (Å²) in [6.45, 7) is 0. The molecule has 0 unspecified atom stereocenters. The number of alkyl halides is 3. The maximum Gasteiger partial charge on any atom is 0.418 e. The van der Waals surface area contributed by atoms with Crippen LogP contribution in [0.5, 0.6) is 0 Å². The molecule has 1 N–H and O–H groups in total. The van der Waals surface area contributed by atoms with Crippen molar-refractivity contribution in [1.29, 1.82) is 0 Å². The maximum absolute atomic E-state index is 12.8. The Balaban J connectivity index is 2.32. The SMILES string of the molecule is Cn1cc(C(=O)Nc2ccccc2C(F)(F)F)ccc1=O. The van der Waals surface area contributed by atoms with Gasteiger partial charge in [0.05, 0.1) is 16.8 Å². The van der Waals surface area contributed by atoms with Crippen LogP contribution < -0.4 is 10.9 Å². The van der Waals surface area contributed by atoms with Gasteiger partial charge in [-0.25, -0.2) is 0 Å². The number of pyridine rings is 1. The average molecular weight is 296 g/mol. The van der Waals surface area contributed by atoms with Gasteiger partial charge in [0.15, 0.2) is 0 Å². The lowest BCUT2D eigenvalue weighted by Gasteiger charge is -2.13. The van der Waals surface area contributed by atoms with Gasteiger partial charge in [0.2, 0.25) is 5.56 Å². The molecule has 0 radical (unpaired) electrons. The quantitative estimate of drug-likeness (QED) is 0.926. The number of aryl methyl sites for hydroxylation is 1. The van der Waals surface area contributed by atoms with Crippen molar-refractivity contribution in [2.24, 2.45) is 7.05 Å². The van der Waals surface area contributed by atoms with Gasteiger partial charge in [-0.3, -0.25) is 9.59 Å². The van der Waals surface area contributed by atoms with Crippen LogP contribution in [0, 0.1) is 0 Å².